The molecule has 0 N–H and O–H groups in total. The molecule has 0 aliphatic heterocycles. The Balaban J connectivity index is 1.91. The molecular weight excluding hydrogens is 248 g/mol. The number of oxazole rings is 2. The SMILES string of the molecule is c1ccc2oc(-c3nnoc3-c3ncco3)nc2c1. The van der Waals surface area contributed by atoms with Crippen LogP contribution in [0.3, 0.4) is 0 Å². The molecule has 0 bridgehead atoms. The normalized spacial score (nSPS) is 11.2. The van der Waals surface area contributed by atoms with Gasteiger partial charge in [0.25, 0.3) is 17.5 Å². The van der Waals surface area contributed by atoms with Crippen LogP contribution in [0, 0.1) is 0 Å². The molecule has 92 valence electrons. The Morgan fingerprint density at radius 1 is 1.05 bits per heavy atom. The Morgan fingerprint density at radius 3 is 2.84 bits per heavy atom. The molecule has 4 rings (SSSR count). The van der Waals surface area contributed by atoms with Gasteiger partial charge in [0.2, 0.25) is 5.69 Å². The van der Waals surface area contributed by atoms with Crippen LogP contribution in [0.15, 0.2) is 50.1 Å². The molecule has 19 heavy (non-hydrogen) atoms. The minimum Gasteiger partial charge on any atom is -0.442 e. The van der Waals surface area contributed by atoms with E-state index in [4.69, 9.17) is 13.4 Å². The number of hydrogen-bond acceptors (Lipinski definition) is 7. The fraction of sp³-hybridized carbons (Fsp3) is 0. The van der Waals surface area contributed by atoms with E-state index in [1.807, 2.05) is 24.3 Å². The van der Waals surface area contributed by atoms with Crippen molar-refractivity contribution in [1.29, 1.82) is 0 Å². The van der Waals surface area contributed by atoms with Gasteiger partial charge in [-0.05, 0) is 12.1 Å². The first-order valence-electron chi connectivity index (χ1n) is 5.50. The van der Waals surface area contributed by atoms with Crippen LogP contribution in [0.1, 0.15) is 0 Å². The quantitative estimate of drug-likeness (QED) is 0.542. The highest BCUT2D eigenvalue weighted by molar-refractivity contribution is 5.77. The summed E-state index contributed by atoms with van der Waals surface area (Å²) in [5.74, 6) is 0.884. The molecule has 0 aliphatic carbocycles. The molecule has 4 aromatic rings. The number of hydrogen-bond donors (Lipinski definition) is 0. The van der Waals surface area contributed by atoms with Crippen molar-refractivity contribution >= 4 is 11.1 Å². The average molecular weight is 254 g/mol. The number of para-hydroxylation sites is 2. The molecule has 7 heteroatoms. The van der Waals surface area contributed by atoms with Gasteiger partial charge >= 0.3 is 0 Å². The van der Waals surface area contributed by atoms with Gasteiger partial charge in [0, 0.05) is 5.27 Å². The van der Waals surface area contributed by atoms with Crippen molar-refractivity contribution in [3.63, 3.8) is 0 Å². The predicted molar refractivity (Wildman–Crippen MR) is 62.8 cm³/mol. The molecular formula is C12H6N4O3. The number of nitrogens with zero attached hydrogens (tertiary/aromatic N) is 4. The number of rotatable bonds is 2. The zero-order valence-electron chi connectivity index (χ0n) is 9.48. The van der Waals surface area contributed by atoms with Crippen LogP contribution < -0.4 is 0 Å². The van der Waals surface area contributed by atoms with Gasteiger partial charge < -0.3 is 13.4 Å². The fourth-order valence-electron chi connectivity index (χ4n) is 1.78. The van der Waals surface area contributed by atoms with Crippen molar-refractivity contribution in [2.75, 3.05) is 0 Å². The number of aromatic nitrogens is 4. The zero-order chi connectivity index (χ0) is 12.7. The van der Waals surface area contributed by atoms with E-state index in [0.29, 0.717) is 17.2 Å². The fourth-order valence-corrected chi connectivity index (χ4v) is 1.78. The molecule has 0 atom stereocenters. The van der Waals surface area contributed by atoms with Crippen LogP contribution in [0.2, 0.25) is 0 Å². The number of fused-ring (bicyclic) bond motifs is 1. The molecule has 0 unspecified atom stereocenters. The smallest absolute Gasteiger partial charge is 0.268 e. The lowest BCUT2D eigenvalue weighted by molar-refractivity contribution is 0.391. The zero-order valence-corrected chi connectivity index (χ0v) is 9.48. The van der Waals surface area contributed by atoms with E-state index in [2.05, 4.69) is 20.3 Å². The second-order valence-electron chi connectivity index (χ2n) is 3.77. The molecule has 0 amide bonds. The summed E-state index contributed by atoms with van der Waals surface area (Å²) >= 11 is 0. The van der Waals surface area contributed by atoms with Gasteiger partial charge in [-0.2, -0.15) is 0 Å². The van der Waals surface area contributed by atoms with Crippen molar-refractivity contribution in [2.24, 2.45) is 0 Å². The van der Waals surface area contributed by atoms with Crippen LogP contribution in [-0.4, -0.2) is 20.3 Å². The van der Waals surface area contributed by atoms with Gasteiger partial charge in [0.15, 0.2) is 5.58 Å². The van der Waals surface area contributed by atoms with Crippen molar-refractivity contribution in [2.45, 2.75) is 0 Å². The third kappa shape index (κ3) is 1.52. The third-order valence-electron chi connectivity index (χ3n) is 2.61. The van der Waals surface area contributed by atoms with Gasteiger partial charge in [0.05, 0.1) is 6.20 Å². The summed E-state index contributed by atoms with van der Waals surface area (Å²) in [6.07, 6.45) is 2.95. The van der Waals surface area contributed by atoms with E-state index >= 15 is 0 Å². The minimum atomic E-state index is 0.280. The van der Waals surface area contributed by atoms with Crippen LogP contribution >= 0.6 is 0 Å². The van der Waals surface area contributed by atoms with Gasteiger partial charge in [-0.3, -0.25) is 0 Å². The van der Waals surface area contributed by atoms with Crippen LogP contribution in [0.4, 0.5) is 0 Å². The predicted octanol–water partition coefficient (Wildman–Crippen LogP) is 2.53. The van der Waals surface area contributed by atoms with Gasteiger partial charge in [-0.1, -0.05) is 12.1 Å². The van der Waals surface area contributed by atoms with Crippen LogP contribution in [-0.2, 0) is 0 Å². The van der Waals surface area contributed by atoms with E-state index in [9.17, 15) is 0 Å². The maximum Gasteiger partial charge on any atom is 0.268 e. The Hall–Kier alpha value is -2.96. The Morgan fingerprint density at radius 2 is 2.00 bits per heavy atom. The second-order valence-corrected chi connectivity index (χ2v) is 3.77. The molecule has 0 spiro atoms. The lowest BCUT2D eigenvalue weighted by Gasteiger charge is -1.89. The van der Waals surface area contributed by atoms with E-state index in [-0.39, 0.29) is 11.7 Å². The monoisotopic (exact) mass is 254 g/mol. The van der Waals surface area contributed by atoms with Gasteiger partial charge in [-0.15, -0.1) is 5.10 Å². The standard InChI is InChI=1S/C12H6N4O3/c1-2-4-8-7(3-1)14-11(18-8)9-10(19-16-15-9)12-13-5-6-17-12/h1-6H. The largest absolute Gasteiger partial charge is 0.442 e. The molecule has 0 radical (unpaired) electrons. The molecule has 0 saturated carbocycles. The summed E-state index contributed by atoms with van der Waals surface area (Å²) in [6, 6.07) is 7.42. The third-order valence-corrected chi connectivity index (χ3v) is 2.61. The summed E-state index contributed by atoms with van der Waals surface area (Å²) in [5, 5.41) is 7.36. The topological polar surface area (TPSA) is 91.0 Å². The highest BCUT2D eigenvalue weighted by Crippen LogP contribution is 2.30. The second kappa shape index (κ2) is 3.77. The molecule has 3 aromatic heterocycles. The lowest BCUT2D eigenvalue weighted by atomic mass is 10.3. The Labute approximate surface area is 105 Å². The van der Waals surface area contributed by atoms with E-state index in [1.165, 1.54) is 12.5 Å². The van der Waals surface area contributed by atoms with E-state index < -0.39 is 0 Å². The molecule has 0 fully saturated rings. The van der Waals surface area contributed by atoms with Crippen LogP contribution in [0.5, 0.6) is 0 Å². The summed E-state index contributed by atoms with van der Waals surface area (Å²) in [5.41, 5.74) is 1.76. The molecule has 7 nitrogen and oxygen atoms in total. The molecule has 0 saturated heterocycles. The first kappa shape index (κ1) is 10.0. The van der Waals surface area contributed by atoms with Crippen molar-refractivity contribution in [3.05, 3.63) is 36.7 Å². The summed E-state index contributed by atoms with van der Waals surface area (Å²) in [7, 11) is 0. The summed E-state index contributed by atoms with van der Waals surface area (Å²) in [4.78, 5) is 8.32. The Kier molecular flexibility index (Phi) is 1.99. The highest BCUT2D eigenvalue weighted by Gasteiger charge is 2.22. The van der Waals surface area contributed by atoms with Crippen LogP contribution in [0.25, 0.3) is 34.3 Å². The number of benzene rings is 1. The first-order valence-corrected chi connectivity index (χ1v) is 5.50. The average Bonchev–Trinajstić information content (AvgIpc) is 3.17. The molecule has 3 heterocycles. The lowest BCUT2D eigenvalue weighted by Crippen LogP contribution is -1.82. The highest BCUT2D eigenvalue weighted by atomic mass is 16.5. The molecule has 0 aliphatic rings. The maximum absolute atomic E-state index is 5.61. The summed E-state index contributed by atoms with van der Waals surface area (Å²) in [6.45, 7) is 0. The van der Waals surface area contributed by atoms with Gasteiger partial charge in [0.1, 0.15) is 11.8 Å². The van der Waals surface area contributed by atoms with E-state index in [0.717, 1.165) is 5.52 Å². The van der Waals surface area contributed by atoms with Crippen molar-refractivity contribution in [3.8, 4) is 23.2 Å². The summed E-state index contributed by atoms with van der Waals surface area (Å²) < 4.78 is 15.8. The first-order chi connectivity index (χ1) is 9.42. The van der Waals surface area contributed by atoms with Gasteiger partial charge in [-0.25, -0.2) is 9.97 Å². The van der Waals surface area contributed by atoms with E-state index in [1.54, 1.807) is 0 Å². The Bertz CT molecular complexity index is 799. The molecule has 1 aromatic carbocycles. The van der Waals surface area contributed by atoms with Crippen molar-refractivity contribution < 1.29 is 13.4 Å². The van der Waals surface area contributed by atoms with Crippen molar-refractivity contribution in [1.82, 2.24) is 20.3 Å². The maximum atomic E-state index is 5.61. The minimum absolute atomic E-state index is 0.280.